The fourth-order valence-corrected chi connectivity index (χ4v) is 2.22. The number of hydrogen-bond acceptors (Lipinski definition) is 3. The Morgan fingerprint density at radius 3 is 2.47 bits per heavy atom. The van der Waals surface area contributed by atoms with Gasteiger partial charge in [0.1, 0.15) is 11.2 Å². The average molecular weight is 269 g/mol. The fourth-order valence-electron chi connectivity index (χ4n) is 2.22. The molecule has 1 aromatic carbocycles. The quantitative estimate of drug-likeness (QED) is 0.627. The third kappa shape index (κ3) is 3.52. The first-order chi connectivity index (χ1) is 9.08. The van der Waals surface area contributed by atoms with E-state index in [4.69, 9.17) is 10.8 Å². The van der Waals surface area contributed by atoms with Crippen LogP contribution in [0.2, 0.25) is 0 Å². The number of rotatable bonds is 8. The van der Waals surface area contributed by atoms with Crippen LogP contribution in [0.5, 0.6) is 0 Å². The molecule has 0 heterocycles. The van der Waals surface area contributed by atoms with Crippen LogP contribution in [-0.4, -0.2) is 29.3 Å². The molecule has 0 amide bonds. The van der Waals surface area contributed by atoms with E-state index in [0.29, 0.717) is 19.3 Å². The first-order valence-electron chi connectivity index (χ1n) is 6.38. The molecule has 1 atom stereocenters. The predicted molar refractivity (Wildman–Crippen MR) is 70.3 cm³/mol. The molecule has 1 rings (SSSR count). The van der Waals surface area contributed by atoms with Crippen molar-refractivity contribution in [1.29, 1.82) is 0 Å². The van der Waals surface area contributed by atoms with E-state index in [9.17, 15) is 14.3 Å². The Morgan fingerprint density at radius 1 is 1.26 bits per heavy atom. The van der Waals surface area contributed by atoms with Crippen molar-refractivity contribution in [3.63, 3.8) is 0 Å². The number of halogens is 1. The number of benzene rings is 1. The summed E-state index contributed by atoms with van der Waals surface area (Å²) in [6.07, 6.45) is 2.15. The lowest BCUT2D eigenvalue weighted by molar-refractivity contribution is -0.144. The van der Waals surface area contributed by atoms with Gasteiger partial charge in [0, 0.05) is 18.7 Å². The van der Waals surface area contributed by atoms with Gasteiger partial charge in [-0.2, -0.15) is 0 Å². The Hall–Kier alpha value is -1.46. The van der Waals surface area contributed by atoms with E-state index in [2.05, 4.69) is 0 Å². The molecule has 0 aliphatic rings. The Balaban J connectivity index is 2.99. The Bertz CT molecular complexity index is 425. The molecular weight excluding hydrogens is 249 g/mol. The summed E-state index contributed by atoms with van der Waals surface area (Å²) in [5.74, 6) is -1.65. The Morgan fingerprint density at radius 2 is 1.95 bits per heavy atom. The molecule has 0 aliphatic carbocycles. The van der Waals surface area contributed by atoms with Gasteiger partial charge in [-0.3, -0.25) is 4.79 Å². The zero-order valence-electron chi connectivity index (χ0n) is 10.8. The molecular formula is C14H20FNO3. The molecule has 0 bridgehead atoms. The standard InChI is InChI=1S/C14H20FNO3/c15-12-7-3-2-6-11(12)14(10-16,13(18)19)8-4-1-5-9-17/h2-3,6-7,17H,1,4-5,8-10,16H2,(H,18,19). The van der Waals surface area contributed by atoms with Crippen LogP contribution < -0.4 is 5.73 Å². The van der Waals surface area contributed by atoms with Crippen molar-refractivity contribution in [2.24, 2.45) is 5.73 Å². The normalized spacial score (nSPS) is 14.1. The van der Waals surface area contributed by atoms with Gasteiger partial charge < -0.3 is 15.9 Å². The van der Waals surface area contributed by atoms with Crippen molar-refractivity contribution >= 4 is 5.97 Å². The van der Waals surface area contributed by atoms with Crippen LogP contribution in [0.3, 0.4) is 0 Å². The van der Waals surface area contributed by atoms with E-state index in [0.717, 1.165) is 0 Å². The van der Waals surface area contributed by atoms with Gasteiger partial charge in [0.25, 0.3) is 0 Å². The summed E-state index contributed by atoms with van der Waals surface area (Å²) in [5, 5.41) is 18.2. The summed E-state index contributed by atoms with van der Waals surface area (Å²) in [6.45, 7) is -0.0786. The number of hydrogen-bond donors (Lipinski definition) is 3. The monoisotopic (exact) mass is 269 g/mol. The molecule has 0 radical (unpaired) electrons. The molecule has 0 saturated heterocycles. The number of nitrogens with two attached hydrogens (primary N) is 1. The summed E-state index contributed by atoms with van der Waals surface area (Å²) in [7, 11) is 0. The lowest BCUT2D eigenvalue weighted by Crippen LogP contribution is -2.43. The van der Waals surface area contributed by atoms with Gasteiger partial charge in [-0.05, 0) is 18.9 Å². The zero-order chi connectivity index (χ0) is 14.3. The van der Waals surface area contributed by atoms with Crippen molar-refractivity contribution in [3.8, 4) is 0 Å². The third-order valence-electron chi connectivity index (χ3n) is 3.41. The number of carbonyl (C=O) groups is 1. The number of aliphatic hydroxyl groups excluding tert-OH is 1. The van der Waals surface area contributed by atoms with Crippen molar-refractivity contribution in [3.05, 3.63) is 35.6 Å². The molecule has 0 spiro atoms. The summed E-state index contributed by atoms with van der Waals surface area (Å²) in [6, 6.07) is 5.85. The van der Waals surface area contributed by atoms with E-state index in [1.807, 2.05) is 0 Å². The van der Waals surface area contributed by atoms with E-state index in [1.54, 1.807) is 6.07 Å². The highest BCUT2D eigenvalue weighted by Gasteiger charge is 2.40. The average Bonchev–Trinajstić information content (AvgIpc) is 2.40. The van der Waals surface area contributed by atoms with Crippen LogP contribution in [-0.2, 0) is 10.2 Å². The number of unbranched alkanes of at least 4 members (excludes halogenated alkanes) is 2. The molecule has 1 unspecified atom stereocenters. The van der Waals surface area contributed by atoms with Gasteiger partial charge in [-0.1, -0.05) is 31.0 Å². The van der Waals surface area contributed by atoms with Crippen LogP contribution in [0.1, 0.15) is 31.2 Å². The van der Waals surface area contributed by atoms with Crippen LogP contribution in [0, 0.1) is 5.82 Å². The van der Waals surface area contributed by atoms with Gasteiger partial charge in [-0.25, -0.2) is 4.39 Å². The van der Waals surface area contributed by atoms with E-state index in [-0.39, 0.29) is 25.1 Å². The van der Waals surface area contributed by atoms with Crippen molar-refractivity contribution in [1.82, 2.24) is 0 Å². The largest absolute Gasteiger partial charge is 0.481 e. The smallest absolute Gasteiger partial charge is 0.315 e. The second-order valence-electron chi connectivity index (χ2n) is 4.61. The molecule has 0 aliphatic heterocycles. The minimum absolute atomic E-state index is 0.0718. The molecule has 19 heavy (non-hydrogen) atoms. The highest BCUT2D eigenvalue weighted by atomic mass is 19.1. The van der Waals surface area contributed by atoms with Gasteiger partial charge in [-0.15, -0.1) is 0 Å². The van der Waals surface area contributed by atoms with Crippen molar-refractivity contribution in [2.75, 3.05) is 13.2 Å². The van der Waals surface area contributed by atoms with Crippen LogP contribution in [0.25, 0.3) is 0 Å². The van der Waals surface area contributed by atoms with E-state index < -0.39 is 17.2 Å². The number of aliphatic hydroxyl groups is 1. The lowest BCUT2D eigenvalue weighted by Gasteiger charge is -2.28. The maximum Gasteiger partial charge on any atom is 0.315 e. The van der Waals surface area contributed by atoms with Gasteiger partial charge in [0.05, 0.1) is 0 Å². The number of aliphatic carboxylic acids is 1. The van der Waals surface area contributed by atoms with Gasteiger partial charge in [0.2, 0.25) is 0 Å². The zero-order valence-corrected chi connectivity index (χ0v) is 10.8. The summed E-state index contributed by atoms with van der Waals surface area (Å²) >= 11 is 0. The second-order valence-corrected chi connectivity index (χ2v) is 4.61. The second kappa shape index (κ2) is 7.21. The Labute approximate surface area is 112 Å². The van der Waals surface area contributed by atoms with E-state index >= 15 is 0 Å². The molecule has 5 heteroatoms. The van der Waals surface area contributed by atoms with Gasteiger partial charge >= 0.3 is 5.97 Å². The molecule has 0 aromatic heterocycles. The van der Waals surface area contributed by atoms with Gasteiger partial charge in [0.15, 0.2) is 0 Å². The van der Waals surface area contributed by atoms with Crippen molar-refractivity contribution < 1.29 is 19.4 Å². The first-order valence-corrected chi connectivity index (χ1v) is 6.38. The summed E-state index contributed by atoms with van der Waals surface area (Å²) < 4.78 is 13.8. The lowest BCUT2D eigenvalue weighted by atomic mass is 9.76. The highest BCUT2D eigenvalue weighted by molar-refractivity contribution is 5.81. The highest BCUT2D eigenvalue weighted by Crippen LogP contribution is 2.31. The third-order valence-corrected chi connectivity index (χ3v) is 3.41. The molecule has 0 saturated carbocycles. The number of carboxylic acids is 1. The SMILES string of the molecule is NCC(CCCCCO)(C(=O)O)c1ccccc1F. The molecule has 4 N–H and O–H groups in total. The molecule has 1 aromatic rings. The van der Waals surface area contributed by atoms with Crippen LogP contribution in [0.15, 0.2) is 24.3 Å². The van der Waals surface area contributed by atoms with Crippen LogP contribution in [0.4, 0.5) is 4.39 Å². The topological polar surface area (TPSA) is 83.5 Å². The molecule has 106 valence electrons. The van der Waals surface area contributed by atoms with Crippen molar-refractivity contribution in [2.45, 2.75) is 31.1 Å². The molecule has 4 nitrogen and oxygen atoms in total. The summed E-state index contributed by atoms with van der Waals surface area (Å²) in [4.78, 5) is 11.6. The molecule has 0 fully saturated rings. The minimum Gasteiger partial charge on any atom is -0.481 e. The first kappa shape index (κ1) is 15.6. The Kier molecular flexibility index (Phi) is 5.92. The number of carboxylic acid groups (broad SMARTS) is 1. The minimum atomic E-state index is -1.39. The van der Waals surface area contributed by atoms with Crippen LogP contribution >= 0.6 is 0 Å². The fraction of sp³-hybridized carbons (Fsp3) is 0.500. The predicted octanol–water partition coefficient (Wildman–Crippen LogP) is 1.66. The summed E-state index contributed by atoms with van der Waals surface area (Å²) in [5.41, 5.74) is 4.37. The maximum atomic E-state index is 13.8. The maximum absolute atomic E-state index is 13.8. The van der Waals surface area contributed by atoms with E-state index in [1.165, 1.54) is 18.2 Å².